The zero-order valence-electron chi connectivity index (χ0n) is 21.6. The third kappa shape index (κ3) is 7.98. The van der Waals surface area contributed by atoms with Gasteiger partial charge in [0.05, 0.1) is 17.5 Å². The van der Waals surface area contributed by atoms with Gasteiger partial charge in [0, 0.05) is 43.5 Å². The van der Waals surface area contributed by atoms with Crippen molar-refractivity contribution in [2.45, 2.75) is 31.9 Å². The van der Waals surface area contributed by atoms with E-state index in [0.717, 1.165) is 50.2 Å². The van der Waals surface area contributed by atoms with E-state index in [-0.39, 0.29) is 24.2 Å². The summed E-state index contributed by atoms with van der Waals surface area (Å²) in [6.07, 6.45) is 1.91. The Morgan fingerprint density at radius 3 is 2.38 bits per heavy atom. The van der Waals surface area contributed by atoms with Gasteiger partial charge in [0.15, 0.2) is 11.6 Å². The molecule has 4 rings (SSSR count). The summed E-state index contributed by atoms with van der Waals surface area (Å²) in [5.41, 5.74) is 8.28. The third-order valence-electron chi connectivity index (χ3n) is 6.72. The number of carbonyl (C=O) groups excluding carboxylic acids is 2. The lowest BCUT2D eigenvalue weighted by Crippen LogP contribution is -2.39. The number of hydrogen-bond donors (Lipinski definition) is 4. The van der Waals surface area contributed by atoms with Crippen LogP contribution in [-0.2, 0) is 6.54 Å². The second kappa shape index (κ2) is 13.2. The van der Waals surface area contributed by atoms with Gasteiger partial charge in [0.1, 0.15) is 0 Å². The minimum atomic E-state index is -1.04. The molecule has 1 saturated heterocycles. The number of carbonyl (C=O) groups is 2. The molecule has 206 valence electrons. The number of hydrogen-bond acceptors (Lipinski definition) is 5. The Morgan fingerprint density at radius 2 is 1.69 bits per heavy atom. The van der Waals surface area contributed by atoms with Gasteiger partial charge >= 0.3 is 6.03 Å². The van der Waals surface area contributed by atoms with E-state index >= 15 is 0 Å². The van der Waals surface area contributed by atoms with Gasteiger partial charge in [-0.25, -0.2) is 13.6 Å². The van der Waals surface area contributed by atoms with Crippen molar-refractivity contribution in [2.24, 2.45) is 0 Å². The second-order valence-electron chi connectivity index (χ2n) is 9.65. The maximum absolute atomic E-state index is 13.7. The van der Waals surface area contributed by atoms with Crippen molar-refractivity contribution >= 4 is 29.0 Å². The van der Waals surface area contributed by atoms with E-state index in [1.807, 2.05) is 0 Å². The number of nitrogen functional groups attached to an aromatic ring is 1. The molecule has 1 fully saturated rings. The predicted molar refractivity (Wildman–Crippen MR) is 147 cm³/mol. The Bertz CT molecular complexity index is 1280. The summed E-state index contributed by atoms with van der Waals surface area (Å²) in [5, 5.41) is 15.2. The highest BCUT2D eigenvalue weighted by molar-refractivity contribution is 6.05. The Morgan fingerprint density at radius 1 is 0.974 bits per heavy atom. The number of aliphatic hydroxyl groups is 1. The molecule has 0 aromatic heterocycles. The van der Waals surface area contributed by atoms with Crippen molar-refractivity contribution in [3.63, 3.8) is 0 Å². The van der Waals surface area contributed by atoms with Crippen molar-refractivity contribution < 1.29 is 23.5 Å². The van der Waals surface area contributed by atoms with E-state index in [0.29, 0.717) is 29.9 Å². The zero-order valence-corrected chi connectivity index (χ0v) is 21.6. The first-order valence-electron chi connectivity index (χ1n) is 12.9. The monoisotopic (exact) mass is 537 g/mol. The lowest BCUT2D eigenvalue weighted by atomic mass is 10.1. The van der Waals surface area contributed by atoms with Gasteiger partial charge in [0.25, 0.3) is 5.91 Å². The van der Waals surface area contributed by atoms with Crippen LogP contribution in [0.2, 0.25) is 0 Å². The van der Waals surface area contributed by atoms with Crippen molar-refractivity contribution in [3.05, 3.63) is 89.5 Å². The van der Waals surface area contributed by atoms with Gasteiger partial charge in [-0.2, -0.15) is 0 Å². The molecule has 3 aromatic rings. The van der Waals surface area contributed by atoms with Crippen molar-refractivity contribution in [1.29, 1.82) is 0 Å². The van der Waals surface area contributed by atoms with E-state index in [9.17, 15) is 23.5 Å². The smallest absolute Gasteiger partial charge is 0.322 e. The van der Waals surface area contributed by atoms with Crippen LogP contribution in [0.5, 0.6) is 0 Å². The van der Waals surface area contributed by atoms with Crippen LogP contribution >= 0.6 is 0 Å². The van der Waals surface area contributed by atoms with Gasteiger partial charge in [-0.05, 0) is 67.8 Å². The number of amides is 3. The number of likely N-dealkylation sites (tertiary alicyclic amines) is 1. The normalized spacial score (nSPS) is 14.1. The summed E-state index contributed by atoms with van der Waals surface area (Å²) in [6, 6.07) is 16.6. The Kier molecular flexibility index (Phi) is 9.45. The number of rotatable bonds is 9. The lowest BCUT2D eigenvalue weighted by Gasteiger charge is -2.30. The number of benzene rings is 3. The van der Waals surface area contributed by atoms with E-state index in [1.165, 1.54) is 6.07 Å². The van der Waals surface area contributed by atoms with Gasteiger partial charge in [-0.3, -0.25) is 4.79 Å². The fourth-order valence-corrected chi connectivity index (χ4v) is 4.44. The maximum atomic E-state index is 13.7. The number of halogens is 2. The van der Waals surface area contributed by atoms with E-state index in [2.05, 4.69) is 15.5 Å². The van der Waals surface area contributed by atoms with Crippen molar-refractivity contribution in [2.75, 3.05) is 42.5 Å². The molecule has 1 aliphatic rings. The number of anilines is 3. The molecule has 0 saturated carbocycles. The van der Waals surface area contributed by atoms with Crippen LogP contribution < -0.4 is 16.4 Å². The van der Waals surface area contributed by atoms with Crippen LogP contribution in [0.15, 0.2) is 66.7 Å². The van der Waals surface area contributed by atoms with Crippen LogP contribution in [-0.4, -0.2) is 59.1 Å². The fourth-order valence-electron chi connectivity index (χ4n) is 4.44. The minimum absolute atomic E-state index is 0.154. The first kappa shape index (κ1) is 28.0. The highest BCUT2D eigenvalue weighted by atomic mass is 19.2. The average molecular weight is 538 g/mol. The topological polar surface area (TPSA) is 111 Å². The molecule has 0 bridgehead atoms. The lowest BCUT2D eigenvalue weighted by molar-refractivity contribution is 0.0808. The first-order valence-corrected chi connectivity index (χ1v) is 12.9. The third-order valence-corrected chi connectivity index (χ3v) is 6.72. The number of aliphatic hydroxyl groups excluding tert-OH is 1. The summed E-state index contributed by atoms with van der Waals surface area (Å²) < 4.78 is 27.0. The quantitative estimate of drug-likeness (QED) is 0.296. The van der Waals surface area contributed by atoms with E-state index in [1.54, 1.807) is 53.4 Å². The largest absolute Gasteiger partial charge is 0.397 e. The van der Waals surface area contributed by atoms with Crippen LogP contribution in [0, 0.1) is 11.6 Å². The summed E-state index contributed by atoms with van der Waals surface area (Å²) in [7, 11) is 0. The number of piperidine rings is 1. The molecule has 0 spiro atoms. The number of para-hydroxylation sites is 2. The summed E-state index contributed by atoms with van der Waals surface area (Å²) in [5.74, 6) is -2.34. The van der Waals surface area contributed by atoms with Crippen LogP contribution in [0.4, 0.5) is 30.6 Å². The van der Waals surface area contributed by atoms with E-state index < -0.39 is 17.7 Å². The molecule has 0 aliphatic carbocycles. The molecule has 0 unspecified atom stereocenters. The molecule has 0 atom stereocenters. The number of nitrogens with two attached hydrogens (primary N) is 1. The second-order valence-corrected chi connectivity index (χ2v) is 9.65. The summed E-state index contributed by atoms with van der Waals surface area (Å²) >= 11 is 0. The van der Waals surface area contributed by atoms with Gasteiger partial charge in [-0.1, -0.05) is 24.3 Å². The minimum Gasteiger partial charge on any atom is -0.397 e. The standard InChI is InChI=1S/C29H33F2N5O3/c30-24-11-10-22(18-25(24)31)33-29(39)36(15-3-14-35-16-12-23(37)13-17-35)19-20-6-8-21(9-7-20)28(38)34-27-5-2-1-4-26(27)32/h1-2,4-11,18,23,37H,3,12-17,19,32H2,(H,33,39)(H,34,38). The molecular formula is C29H33F2N5O3. The Hall–Kier alpha value is -4.02. The Labute approximate surface area is 226 Å². The van der Waals surface area contributed by atoms with Crippen molar-refractivity contribution in [1.82, 2.24) is 9.80 Å². The SMILES string of the molecule is Nc1ccccc1NC(=O)c1ccc(CN(CCCN2CCC(O)CC2)C(=O)Nc2ccc(F)c(F)c2)cc1. The maximum Gasteiger partial charge on any atom is 0.322 e. The van der Waals surface area contributed by atoms with Gasteiger partial charge in [-0.15, -0.1) is 0 Å². The fraction of sp³-hybridized carbons (Fsp3) is 0.310. The molecule has 5 N–H and O–H groups in total. The molecule has 3 amide bonds. The van der Waals surface area contributed by atoms with Crippen LogP contribution in [0.1, 0.15) is 35.2 Å². The molecule has 0 radical (unpaired) electrons. The molecule has 1 heterocycles. The van der Waals surface area contributed by atoms with Crippen LogP contribution in [0.3, 0.4) is 0 Å². The number of nitrogens with zero attached hydrogens (tertiary/aromatic N) is 2. The van der Waals surface area contributed by atoms with Gasteiger partial charge < -0.3 is 31.3 Å². The average Bonchev–Trinajstić information content (AvgIpc) is 2.93. The molecule has 8 nitrogen and oxygen atoms in total. The molecule has 1 aliphatic heterocycles. The molecule has 39 heavy (non-hydrogen) atoms. The molecule has 3 aromatic carbocycles. The Balaban J connectivity index is 1.41. The summed E-state index contributed by atoms with van der Waals surface area (Å²) in [6.45, 7) is 3.05. The molecular weight excluding hydrogens is 504 g/mol. The summed E-state index contributed by atoms with van der Waals surface area (Å²) in [4.78, 5) is 29.6. The van der Waals surface area contributed by atoms with Gasteiger partial charge in [0.2, 0.25) is 0 Å². The van der Waals surface area contributed by atoms with Crippen molar-refractivity contribution in [3.8, 4) is 0 Å². The highest BCUT2D eigenvalue weighted by Gasteiger charge is 2.19. The number of nitrogens with one attached hydrogen (secondary N) is 2. The zero-order chi connectivity index (χ0) is 27.8. The first-order chi connectivity index (χ1) is 18.8. The highest BCUT2D eigenvalue weighted by Crippen LogP contribution is 2.19. The van der Waals surface area contributed by atoms with E-state index in [4.69, 9.17) is 5.73 Å². The number of urea groups is 1. The molecule has 10 heteroatoms. The predicted octanol–water partition coefficient (Wildman–Crippen LogP) is 4.68. The van der Waals surface area contributed by atoms with Crippen LogP contribution in [0.25, 0.3) is 0 Å².